The Morgan fingerprint density at radius 3 is 2.74 bits per heavy atom. The molecular weight excluding hydrogens is 354 g/mol. The van der Waals surface area contributed by atoms with Crippen molar-refractivity contribution in [1.29, 1.82) is 0 Å². The Hall–Kier alpha value is -2.28. The van der Waals surface area contributed by atoms with Crippen LogP contribution in [0.1, 0.15) is 44.1 Å². The number of aryl methyl sites for hydroxylation is 1. The van der Waals surface area contributed by atoms with Gasteiger partial charge < -0.3 is 9.15 Å². The zero-order chi connectivity index (χ0) is 19.4. The molecule has 1 unspecified atom stereocenters. The molecule has 27 heavy (non-hydrogen) atoms. The summed E-state index contributed by atoms with van der Waals surface area (Å²) in [6.07, 6.45) is 3.41. The van der Waals surface area contributed by atoms with Crippen molar-refractivity contribution in [3.8, 4) is 11.5 Å². The molecule has 2 heterocycles. The van der Waals surface area contributed by atoms with Crippen LogP contribution >= 0.6 is 0 Å². The van der Waals surface area contributed by atoms with Crippen LogP contribution in [0.5, 0.6) is 0 Å². The van der Waals surface area contributed by atoms with Crippen LogP contribution in [0.25, 0.3) is 11.5 Å². The molecule has 0 amide bonds. The largest absolute Gasteiger partial charge is 0.466 e. The van der Waals surface area contributed by atoms with Crippen molar-refractivity contribution in [2.45, 2.75) is 52.1 Å². The molecule has 1 saturated heterocycles. The monoisotopic (exact) mass is 378 g/mol. The normalized spacial score (nSPS) is 17.9. The fourth-order valence-electron chi connectivity index (χ4n) is 3.48. The summed E-state index contributed by atoms with van der Waals surface area (Å²) in [5.41, 5.74) is 0.981. The first-order chi connectivity index (χ1) is 13.0. The molecule has 1 aliphatic rings. The Balaban J connectivity index is 1.76. The molecule has 1 aromatic carbocycles. The zero-order valence-corrected chi connectivity index (χ0v) is 15.6. The summed E-state index contributed by atoms with van der Waals surface area (Å²) in [5.74, 6) is -0.738. The van der Waals surface area contributed by atoms with Gasteiger partial charge in [-0.1, -0.05) is 6.42 Å². The van der Waals surface area contributed by atoms with Crippen molar-refractivity contribution >= 4 is 5.97 Å². The van der Waals surface area contributed by atoms with Crippen LogP contribution in [0.2, 0.25) is 0 Å². The molecule has 7 heteroatoms. The molecule has 1 fully saturated rings. The van der Waals surface area contributed by atoms with Gasteiger partial charge in [-0.05, 0) is 45.4 Å². The maximum atomic E-state index is 13.5. The minimum atomic E-state index is -0.673. The van der Waals surface area contributed by atoms with Gasteiger partial charge in [0.2, 0.25) is 5.89 Å². The summed E-state index contributed by atoms with van der Waals surface area (Å²) in [4.78, 5) is 18.5. The zero-order valence-electron chi connectivity index (χ0n) is 15.6. The first kappa shape index (κ1) is 19.5. The van der Waals surface area contributed by atoms with E-state index in [0.29, 0.717) is 31.0 Å². The minimum absolute atomic E-state index is 0.101. The van der Waals surface area contributed by atoms with Gasteiger partial charge in [-0.25, -0.2) is 13.8 Å². The Labute approximate surface area is 157 Å². The summed E-state index contributed by atoms with van der Waals surface area (Å²) in [6.45, 7) is 5.34. The van der Waals surface area contributed by atoms with Gasteiger partial charge in [0.25, 0.3) is 0 Å². The SMILES string of the molecule is CCOC(=O)CC1CCCCN1Cc1nc(-c2cc(F)cc(F)c2)oc1C. The lowest BCUT2D eigenvalue weighted by Crippen LogP contribution is -2.40. The van der Waals surface area contributed by atoms with E-state index in [2.05, 4.69) is 9.88 Å². The lowest BCUT2D eigenvalue weighted by molar-refractivity contribution is -0.145. The van der Waals surface area contributed by atoms with E-state index in [9.17, 15) is 13.6 Å². The smallest absolute Gasteiger partial charge is 0.307 e. The van der Waals surface area contributed by atoms with Crippen LogP contribution in [0.3, 0.4) is 0 Å². The van der Waals surface area contributed by atoms with Crippen LogP contribution in [0.15, 0.2) is 22.6 Å². The Morgan fingerprint density at radius 2 is 2.04 bits per heavy atom. The van der Waals surface area contributed by atoms with E-state index in [1.165, 1.54) is 12.1 Å². The second-order valence-electron chi connectivity index (χ2n) is 6.81. The van der Waals surface area contributed by atoms with Gasteiger partial charge in [0.1, 0.15) is 17.4 Å². The summed E-state index contributed by atoms with van der Waals surface area (Å²) in [7, 11) is 0. The number of nitrogens with zero attached hydrogens (tertiary/aromatic N) is 2. The number of halogens is 2. The maximum absolute atomic E-state index is 13.5. The third kappa shape index (κ3) is 4.91. The quantitative estimate of drug-likeness (QED) is 0.704. The first-order valence-electron chi connectivity index (χ1n) is 9.28. The molecule has 2 aromatic rings. The summed E-state index contributed by atoms with van der Waals surface area (Å²) >= 11 is 0. The topological polar surface area (TPSA) is 55.6 Å². The van der Waals surface area contributed by atoms with Crippen LogP contribution in [0, 0.1) is 18.6 Å². The number of likely N-dealkylation sites (tertiary alicyclic amines) is 1. The fraction of sp³-hybridized carbons (Fsp3) is 0.500. The molecule has 1 aliphatic heterocycles. The number of piperidine rings is 1. The highest BCUT2D eigenvalue weighted by Crippen LogP contribution is 2.27. The van der Waals surface area contributed by atoms with E-state index < -0.39 is 11.6 Å². The average molecular weight is 378 g/mol. The third-order valence-electron chi connectivity index (χ3n) is 4.81. The number of rotatable bonds is 6. The Bertz CT molecular complexity index is 786. The van der Waals surface area contributed by atoms with Gasteiger partial charge in [-0.2, -0.15) is 0 Å². The molecule has 0 aliphatic carbocycles. The van der Waals surface area contributed by atoms with E-state index in [1.807, 2.05) is 0 Å². The van der Waals surface area contributed by atoms with Crippen LogP contribution < -0.4 is 0 Å². The molecule has 3 rings (SSSR count). The summed E-state index contributed by atoms with van der Waals surface area (Å²) in [5, 5.41) is 0. The lowest BCUT2D eigenvalue weighted by atomic mass is 9.99. The standard InChI is InChI=1S/C20H24F2N2O3/c1-3-26-19(25)11-17-6-4-5-7-24(17)12-18-13(2)27-20(23-18)14-8-15(21)10-16(22)9-14/h8-10,17H,3-7,11-12H2,1-2H3. The molecule has 0 bridgehead atoms. The van der Waals surface area contributed by atoms with Crippen molar-refractivity contribution in [2.24, 2.45) is 0 Å². The van der Waals surface area contributed by atoms with Gasteiger partial charge in [0.05, 0.1) is 18.7 Å². The molecule has 0 radical (unpaired) electrons. The fourth-order valence-corrected chi connectivity index (χ4v) is 3.48. The number of carbonyl (C=O) groups is 1. The summed E-state index contributed by atoms with van der Waals surface area (Å²) in [6, 6.07) is 3.31. The van der Waals surface area contributed by atoms with Gasteiger partial charge in [0, 0.05) is 24.2 Å². The molecule has 0 spiro atoms. The number of esters is 1. The van der Waals surface area contributed by atoms with Gasteiger partial charge in [-0.15, -0.1) is 0 Å². The number of hydrogen-bond acceptors (Lipinski definition) is 5. The number of ether oxygens (including phenoxy) is 1. The number of carbonyl (C=O) groups excluding carboxylic acids is 1. The molecule has 0 N–H and O–H groups in total. The predicted molar refractivity (Wildman–Crippen MR) is 95.9 cm³/mol. The van der Waals surface area contributed by atoms with Crippen molar-refractivity contribution in [2.75, 3.05) is 13.2 Å². The van der Waals surface area contributed by atoms with Crippen LogP contribution in [0.4, 0.5) is 8.78 Å². The van der Waals surface area contributed by atoms with Gasteiger partial charge >= 0.3 is 5.97 Å². The second-order valence-corrected chi connectivity index (χ2v) is 6.81. The number of oxazole rings is 1. The maximum Gasteiger partial charge on any atom is 0.307 e. The molecule has 1 atom stereocenters. The van der Waals surface area contributed by atoms with Crippen molar-refractivity contribution in [3.05, 3.63) is 41.3 Å². The number of benzene rings is 1. The minimum Gasteiger partial charge on any atom is -0.466 e. The van der Waals surface area contributed by atoms with E-state index in [4.69, 9.17) is 9.15 Å². The highest BCUT2D eigenvalue weighted by molar-refractivity contribution is 5.70. The van der Waals surface area contributed by atoms with E-state index in [-0.39, 0.29) is 23.5 Å². The van der Waals surface area contributed by atoms with E-state index >= 15 is 0 Å². The number of hydrogen-bond donors (Lipinski definition) is 0. The molecule has 146 valence electrons. The van der Waals surface area contributed by atoms with Crippen LogP contribution in [-0.4, -0.2) is 35.0 Å². The Morgan fingerprint density at radius 1 is 1.30 bits per heavy atom. The van der Waals surface area contributed by atoms with E-state index in [1.54, 1.807) is 13.8 Å². The van der Waals surface area contributed by atoms with Crippen molar-refractivity contribution in [1.82, 2.24) is 9.88 Å². The van der Waals surface area contributed by atoms with Crippen molar-refractivity contribution < 1.29 is 22.7 Å². The van der Waals surface area contributed by atoms with Gasteiger partial charge in [0.15, 0.2) is 0 Å². The third-order valence-corrected chi connectivity index (χ3v) is 4.81. The van der Waals surface area contributed by atoms with E-state index in [0.717, 1.165) is 31.9 Å². The average Bonchev–Trinajstić information content (AvgIpc) is 2.97. The van der Waals surface area contributed by atoms with Gasteiger partial charge in [-0.3, -0.25) is 9.69 Å². The molecule has 0 saturated carbocycles. The summed E-state index contributed by atoms with van der Waals surface area (Å²) < 4.78 is 37.7. The highest BCUT2D eigenvalue weighted by atomic mass is 19.1. The Kier molecular flexibility index (Phi) is 6.21. The number of aromatic nitrogens is 1. The molecule has 5 nitrogen and oxygen atoms in total. The van der Waals surface area contributed by atoms with Crippen molar-refractivity contribution in [3.63, 3.8) is 0 Å². The first-order valence-corrected chi connectivity index (χ1v) is 9.28. The van der Waals surface area contributed by atoms with Crippen LogP contribution in [-0.2, 0) is 16.1 Å². The second kappa shape index (κ2) is 8.61. The molecular formula is C20H24F2N2O3. The molecule has 1 aromatic heterocycles. The lowest BCUT2D eigenvalue weighted by Gasteiger charge is -2.34. The predicted octanol–water partition coefficient (Wildman–Crippen LogP) is 4.24. The highest BCUT2D eigenvalue weighted by Gasteiger charge is 2.27.